The number of aromatic amines is 1. The lowest BCUT2D eigenvalue weighted by molar-refractivity contribution is 0.0453. The second-order valence-electron chi connectivity index (χ2n) is 7.83. The average Bonchev–Trinajstić information content (AvgIpc) is 2.93. The van der Waals surface area contributed by atoms with Crippen molar-refractivity contribution in [1.82, 2.24) is 19.7 Å². The van der Waals surface area contributed by atoms with Crippen molar-refractivity contribution < 1.29 is 9.90 Å². The Bertz CT molecular complexity index is 574. The van der Waals surface area contributed by atoms with E-state index in [-0.39, 0.29) is 18.4 Å². The molecule has 1 aromatic rings. The van der Waals surface area contributed by atoms with Gasteiger partial charge in [-0.15, -0.1) is 0 Å². The number of carbonyl (C=O) groups excluding carboxylic acids is 1. The van der Waals surface area contributed by atoms with E-state index in [4.69, 9.17) is 0 Å². The molecule has 140 valence electrons. The van der Waals surface area contributed by atoms with Crippen LogP contribution in [-0.2, 0) is 0 Å². The zero-order valence-corrected chi connectivity index (χ0v) is 15.6. The zero-order chi connectivity index (χ0) is 17.8. The fourth-order valence-electron chi connectivity index (χ4n) is 4.25. The third-order valence-corrected chi connectivity index (χ3v) is 5.68. The van der Waals surface area contributed by atoms with Gasteiger partial charge in [0.15, 0.2) is 0 Å². The summed E-state index contributed by atoms with van der Waals surface area (Å²) >= 11 is 0. The Morgan fingerprint density at radius 3 is 2.76 bits per heavy atom. The number of rotatable bonds is 4. The fourth-order valence-corrected chi connectivity index (χ4v) is 4.25. The molecule has 2 saturated heterocycles. The van der Waals surface area contributed by atoms with Crippen molar-refractivity contribution in [3.63, 3.8) is 0 Å². The van der Waals surface area contributed by atoms with Crippen molar-refractivity contribution in [2.45, 2.75) is 19.8 Å². The molecule has 0 saturated carbocycles. The van der Waals surface area contributed by atoms with Crippen molar-refractivity contribution in [2.75, 3.05) is 59.5 Å². The number of hydrogen-bond acceptors (Lipinski definition) is 4. The molecule has 0 aromatic carbocycles. The molecule has 3 heterocycles. The highest BCUT2D eigenvalue weighted by Gasteiger charge is 2.32. The Kier molecular flexibility index (Phi) is 6.15. The van der Waals surface area contributed by atoms with Crippen LogP contribution in [0.4, 0.5) is 0 Å². The minimum atomic E-state index is 0.0949. The van der Waals surface area contributed by atoms with Gasteiger partial charge in [0.25, 0.3) is 5.91 Å². The summed E-state index contributed by atoms with van der Waals surface area (Å²) in [6, 6.07) is 1.86. The number of H-pyrrole nitrogens is 1. The first-order chi connectivity index (χ1) is 12.1. The van der Waals surface area contributed by atoms with Crippen LogP contribution in [0.2, 0.25) is 0 Å². The van der Waals surface area contributed by atoms with Crippen LogP contribution in [0, 0.1) is 18.8 Å². The number of aliphatic hydroxyl groups excluding tert-OH is 1. The summed E-state index contributed by atoms with van der Waals surface area (Å²) in [5.74, 6) is 0.728. The number of nitrogens with one attached hydrogen (secondary N) is 1. The van der Waals surface area contributed by atoms with E-state index in [1.54, 1.807) is 0 Å². The van der Waals surface area contributed by atoms with Gasteiger partial charge in [0.05, 0.1) is 5.56 Å². The lowest BCUT2D eigenvalue weighted by Gasteiger charge is -2.39. The van der Waals surface area contributed by atoms with Crippen molar-refractivity contribution in [3.05, 3.63) is 23.5 Å². The third-order valence-electron chi connectivity index (χ3n) is 5.68. The zero-order valence-electron chi connectivity index (χ0n) is 15.6. The normalized spacial score (nSPS) is 26.6. The molecule has 0 bridgehead atoms. The molecule has 0 unspecified atom stereocenters. The van der Waals surface area contributed by atoms with Gasteiger partial charge in [0.2, 0.25) is 0 Å². The summed E-state index contributed by atoms with van der Waals surface area (Å²) in [5.41, 5.74) is 1.68. The Balaban J connectivity index is 1.64. The van der Waals surface area contributed by atoms with Gasteiger partial charge in [-0.05, 0) is 57.8 Å². The number of hydrogen-bond donors (Lipinski definition) is 2. The summed E-state index contributed by atoms with van der Waals surface area (Å²) < 4.78 is 0. The topological polar surface area (TPSA) is 62.8 Å². The molecule has 6 heteroatoms. The highest BCUT2D eigenvalue weighted by atomic mass is 16.3. The molecule has 2 aliphatic heterocycles. The number of aliphatic hydroxyl groups is 1. The number of aryl methyl sites for hydroxylation is 1. The Morgan fingerprint density at radius 1 is 1.24 bits per heavy atom. The van der Waals surface area contributed by atoms with Crippen LogP contribution in [0.25, 0.3) is 0 Å². The summed E-state index contributed by atoms with van der Waals surface area (Å²) in [7, 11) is 2.19. The monoisotopic (exact) mass is 348 g/mol. The summed E-state index contributed by atoms with van der Waals surface area (Å²) in [6.07, 6.45) is 4.04. The van der Waals surface area contributed by atoms with Gasteiger partial charge in [0, 0.05) is 51.2 Å². The van der Waals surface area contributed by atoms with E-state index in [1.165, 1.54) is 6.42 Å². The average molecular weight is 348 g/mol. The van der Waals surface area contributed by atoms with Gasteiger partial charge in [-0.1, -0.05) is 0 Å². The quantitative estimate of drug-likeness (QED) is 0.853. The Hall–Kier alpha value is -1.37. The summed E-state index contributed by atoms with van der Waals surface area (Å²) in [4.78, 5) is 22.9. The minimum absolute atomic E-state index is 0.0949. The predicted molar refractivity (Wildman–Crippen MR) is 98.7 cm³/mol. The Morgan fingerprint density at radius 2 is 2.04 bits per heavy atom. The molecule has 25 heavy (non-hydrogen) atoms. The van der Waals surface area contributed by atoms with Gasteiger partial charge in [-0.25, -0.2) is 0 Å². The van der Waals surface area contributed by atoms with Crippen molar-refractivity contribution >= 4 is 5.91 Å². The van der Waals surface area contributed by atoms with Gasteiger partial charge >= 0.3 is 0 Å². The highest BCUT2D eigenvalue weighted by molar-refractivity contribution is 5.95. The fraction of sp³-hybridized carbons (Fsp3) is 0.737. The molecule has 2 N–H and O–H groups in total. The molecule has 0 radical (unpaired) electrons. The second kappa shape index (κ2) is 8.34. The molecule has 2 aliphatic rings. The Labute approximate surface area is 150 Å². The molecule has 3 rings (SSSR count). The van der Waals surface area contributed by atoms with E-state index in [2.05, 4.69) is 21.8 Å². The van der Waals surface area contributed by atoms with Gasteiger partial charge in [-0.3, -0.25) is 4.79 Å². The minimum Gasteiger partial charge on any atom is -0.396 e. The number of amides is 1. The third kappa shape index (κ3) is 4.63. The molecule has 6 nitrogen and oxygen atoms in total. The van der Waals surface area contributed by atoms with E-state index in [0.717, 1.165) is 56.9 Å². The van der Waals surface area contributed by atoms with E-state index >= 15 is 0 Å². The number of nitrogens with zero attached hydrogens (tertiary/aromatic N) is 3. The van der Waals surface area contributed by atoms with Crippen LogP contribution in [0.5, 0.6) is 0 Å². The van der Waals surface area contributed by atoms with Gasteiger partial charge in [0.1, 0.15) is 0 Å². The van der Waals surface area contributed by atoms with Crippen LogP contribution in [0.15, 0.2) is 12.3 Å². The number of likely N-dealkylation sites (N-methyl/N-ethyl adjacent to an activating group) is 1. The molecule has 0 spiro atoms. The number of likely N-dealkylation sites (tertiary alicyclic amines) is 1. The standard InChI is InChI=1S/C19H32N4O2/c1-15-18(4-5-20-15)19(25)23-12-16(10-17(13-23)14-24)11-22-7-3-6-21(2)8-9-22/h4-5,16-17,20,24H,3,6-14H2,1-2H3/t16-,17+/m1/s1. The maximum atomic E-state index is 12.9. The molecule has 1 aromatic heterocycles. The number of aromatic nitrogens is 1. The van der Waals surface area contributed by atoms with Gasteiger partial charge in [-0.2, -0.15) is 0 Å². The molecule has 1 amide bonds. The first-order valence-electron chi connectivity index (χ1n) is 9.51. The van der Waals surface area contributed by atoms with Crippen molar-refractivity contribution in [2.24, 2.45) is 11.8 Å². The summed E-state index contributed by atoms with van der Waals surface area (Å²) in [6.45, 7) is 9.10. The molecular weight excluding hydrogens is 316 g/mol. The smallest absolute Gasteiger partial charge is 0.255 e. The van der Waals surface area contributed by atoms with Crippen LogP contribution in [0.1, 0.15) is 28.9 Å². The van der Waals surface area contributed by atoms with Crippen LogP contribution < -0.4 is 0 Å². The molecule has 2 atom stereocenters. The molecule has 2 fully saturated rings. The van der Waals surface area contributed by atoms with E-state index in [9.17, 15) is 9.90 Å². The van der Waals surface area contributed by atoms with Crippen LogP contribution in [0.3, 0.4) is 0 Å². The van der Waals surface area contributed by atoms with Crippen LogP contribution >= 0.6 is 0 Å². The van der Waals surface area contributed by atoms with Crippen molar-refractivity contribution in [3.8, 4) is 0 Å². The first-order valence-corrected chi connectivity index (χ1v) is 9.51. The largest absolute Gasteiger partial charge is 0.396 e. The maximum Gasteiger partial charge on any atom is 0.255 e. The number of carbonyl (C=O) groups is 1. The van der Waals surface area contributed by atoms with Gasteiger partial charge < -0.3 is 24.8 Å². The highest BCUT2D eigenvalue weighted by Crippen LogP contribution is 2.25. The molecule has 0 aliphatic carbocycles. The first kappa shape index (κ1) is 18.4. The predicted octanol–water partition coefficient (Wildman–Crippen LogP) is 1.03. The van der Waals surface area contributed by atoms with E-state index < -0.39 is 0 Å². The SMILES string of the molecule is Cc1[nH]ccc1C(=O)N1C[C@@H](CN2CCCN(C)CC2)C[C@H](CO)C1. The lowest BCUT2D eigenvalue weighted by Crippen LogP contribution is -2.48. The lowest BCUT2D eigenvalue weighted by atomic mass is 9.88. The molecular formula is C19H32N4O2. The van der Waals surface area contributed by atoms with Crippen molar-refractivity contribution in [1.29, 1.82) is 0 Å². The van der Waals surface area contributed by atoms with E-state index in [0.29, 0.717) is 12.5 Å². The summed E-state index contributed by atoms with van der Waals surface area (Å²) in [5, 5.41) is 9.71. The maximum absolute atomic E-state index is 12.9. The van der Waals surface area contributed by atoms with E-state index in [1.807, 2.05) is 24.1 Å². The number of piperidine rings is 1. The second-order valence-corrected chi connectivity index (χ2v) is 7.83. The van der Waals surface area contributed by atoms with Crippen LogP contribution in [-0.4, -0.2) is 90.2 Å².